The minimum absolute atomic E-state index is 0.0856. The third-order valence-corrected chi connectivity index (χ3v) is 4.01. The zero-order valence-electron chi connectivity index (χ0n) is 14.2. The first-order valence-electron chi connectivity index (χ1n) is 7.67. The highest BCUT2D eigenvalue weighted by Gasteiger charge is 2.21. The fourth-order valence-corrected chi connectivity index (χ4v) is 2.32. The number of nitrogens with one attached hydrogen (secondary N) is 1. The molecule has 0 aromatic rings. The number of carboxylic acids is 3. The van der Waals surface area contributed by atoms with Gasteiger partial charge in [-0.1, -0.05) is 0 Å². The monoisotopic (exact) mass is 411 g/mol. The molecule has 0 aromatic carbocycles. The Bertz CT molecular complexity index is 623. The predicted molar refractivity (Wildman–Crippen MR) is 90.1 cm³/mol. The van der Waals surface area contributed by atoms with Gasteiger partial charge in [-0.2, -0.15) is 4.76 Å². The molecule has 154 valence electrons. The summed E-state index contributed by atoms with van der Waals surface area (Å²) in [6, 6.07) is -1.18. The molecule has 3 atom stereocenters. The van der Waals surface area contributed by atoms with Crippen LogP contribution < -0.4 is 11.1 Å². The fourth-order valence-electron chi connectivity index (χ4n) is 1.59. The first-order valence-corrected chi connectivity index (χ1v) is 9.20. The van der Waals surface area contributed by atoms with Gasteiger partial charge >= 0.3 is 25.7 Å². The number of carbonyl (C=O) groups is 4. The van der Waals surface area contributed by atoms with Crippen molar-refractivity contribution in [2.24, 2.45) is 16.4 Å². The number of rotatable bonds is 14. The lowest BCUT2D eigenvalue weighted by Crippen LogP contribution is -2.33. The van der Waals surface area contributed by atoms with Crippen LogP contribution in [-0.4, -0.2) is 69.4 Å². The quantitative estimate of drug-likeness (QED) is 0.116. The van der Waals surface area contributed by atoms with Crippen molar-refractivity contribution in [3.8, 4) is 0 Å². The van der Waals surface area contributed by atoms with E-state index in [0.29, 0.717) is 6.21 Å². The average Bonchev–Trinajstić information content (AvgIpc) is 2.55. The van der Waals surface area contributed by atoms with Crippen molar-refractivity contribution in [3.05, 3.63) is 0 Å². The van der Waals surface area contributed by atoms with Crippen molar-refractivity contribution < 1.29 is 48.5 Å². The Morgan fingerprint density at radius 2 is 1.74 bits per heavy atom. The van der Waals surface area contributed by atoms with Crippen molar-refractivity contribution in [1.82, 2.24) is 5.32 Å². The lowest BCUT2D eigenvalue weighted by Gasteiger charge is -2.10. The van der Waals surface area contributed by atoms with E-state index < -0.39 is 56.5 Å². The van der Waals surface area contributed by atoms with Crippen LogP contribution in [0.25, 0.3) is 0 Å². The Morgan fingerprint density at radius 3 is 2.26 bits per heavy atom. The Kier molecular flexibility index (Phi) is 11.1. The van der Waals surface area contributed by atoms with Gasteiger partial charge in [0, 0.05) is 25.6 Å². The van der Waals surface area contributed by atoms with Crippen LogP contribution in [-0.2, 0) is 28.3 Å². The maximum Gasteiger partial charge on any atom is 0.450 e. The molecule has 0 spiro atoms. The topological polar surface area (TPSA) is 226 Å². The van der Waals surface area contributed by atoms with E-state index in [1.54, 1.807) is 0 Å². The van der Waals surface area contributed by atoms with E-state index in [1.165, 1.54) is 0 Å². The third kappa shape index (κ3) is 12.6. The van der Waals surface area contributed by atoms with Crippen LogP contribution in [0.2, 0.25) is 0 Å². The van der Waals surface area contributed by atoms with Crippen LogP contribution in [0.3, 0.4) is 0 Å². The SMILES string of the molecule is N[C@@H](CCC(=O)NCCOP(=O)(O)N=CC(CCC(=O)O)C(=O)O)C(=O)O. The highest BCUT2D eigenvalue weighted by atomic mass is 31.2. The second kappa shape index (κ2) is 12.1. The summed E-state index contributed by atoms with van der Waals surface area (Å²) >= 11 is 0. The molecule has 0 aliphatic carbocycles. The largest absolute Gasteiger partial charge is 0.481 e. The molecule has 0 radical (unpaired) electrons. The predicted octanol–water partition coefficient (Wildman–Crippen LogP) is -0.952. The molecule has 0 fully saturated rings. The first kappa shape index (κ1) is 24.7. The van der Waals surface area contributed by atoms with Gasteiger partial charge in [-0.3, -0.25) is 23.7 Å². The van der Waals surface area contributed by atoms with Crippen LogP contribution in [0.1, 0.15) is 25.7 Å². The number of amides is 1. The number of hydrogen-bond donors (Lipinski definition) is 6. The highest BCUT2D eigenvalue weighted by molar-refractivity contribution is 7.51. The van der Waals surface area contributed by atoms with Crippen LogP contribution in [0.5, 0.6) is 0 Å². The Hall–Kier alpha value is -2.34. The summed E-state index contributed by atoms with van der Waals surface area (Å²) in [5.74, 6) is -5.78. The summed E-state index contributed by atoms with van der Waals surface area (Å²) in [7, 11) is -4.53. The molecule has 27 heavy (non-hydrogen) atoms. The lowest BCUT2D eigenvalue weighted by atomic mass is 10.1. The zero-order valence-corrected chi connectivity index (χ0v) is 15.1. The van der Waals surface area contributed by atoms with E-state index in [-0.39, 0.29) is 25.8 Å². The fraction of sp³-hybridized carbons (Fsp3) is 0.615. The summed E-state index contributed by atoms with van der Waals surface area (Å²) in [5, 5.41) is 28.3. The van der Waals surface area contributed by atoms with Crippen molar-refractivity contribution in [2.45, 2.75) is 31.7 Å². The maximum atomic E-state index is 11.6. The molecule has 13 nitrogen and oxygen atoms in total. The van der Waals surface area contributed by atoms with E-state index in [4.69, 9.17) is 21.1 Å². The standard InChI is InChI=1S/C13H22N3O10P/c14-9(13(22)23)2-3-10(17)15-5-6-26-27(24,25)16-7-8(12(20)21)1-4-11(18)19/h7-9H,1-6,14H2,(H,15,17)(H,18,19)(H,20,21)(H,22,23)(H,24,25)/t8?,9-/m0/s1. The summed E-state index contributed by atoms with van der Waals surface area (Å²) in [6.45, 7) is -0.600. The molecule has 14 heteroatoms. The second-order valence-electron chi connectivity index (χ2n) is 5.30. The van der Waals surface area contributed by atoms with Gasteiger partial charge in [-0.15, -0.1) is 0 Å². The molecule has 7 N–H and O–H groups in total. The Morgan fingerprint density at radius 1 is 1.11 bits per heavy atom. The van der Waals surface area contributed by atoms with E-state index in [0.717, 1.165) is 0 Å². The molecule has 0 saturated heterocycles. The second-order valence-corrected chi connectivity index (χ2v) is 6.77. The molecule has 0 aliphatic heterocycles. The van der Waals surface area contributed by atoms with Crippen molar-refractivity contribution in [1.29, 1.82) is 0 Å². The van der Waals surface area contributed by atoms with Gasteiger partial charge in [-0.25, -0.2) is 4.57 Å². The lowest BCUT2D eigenvalue weighted by molar-refractivity contribution is -0.141. The zero-order chi connectivity index (χ0) is 21.0. The highest BCUT2D eigenvalue weighted by Crippen LogP contribution is 2.43. The van der Waals surface area contributed by atoms with Gasteiger partial charge in [0.25, 0.3) is 0 Å². The van der Waals surface area contributed by atoms with Gasteiger partial charge in [0.1, 0.15) is 6.04 Å². The van der Waals surface area contributed by atoms with Gasteiger partial charge in [0.05, 0.1) is 12.5 Å². The maximum absolute atomic E-state index is 11.6. The number of aliphatic carboxylic acids is 3. The summed E-state index contributed by atoms with van der Waals surface area (Å²) < 4.78 is 19.4. The number of carbonyl (C=O) groups excluding carboxylic acids is 1. The first-order chi connectivity index (χ1) is 12.4. The van der Waals surface area contributed by atoms with Crippen LogP contribution in [0, 0.1) is 5.92 Å². The van der Waals surface area contributed by atoms with Crippen molar-refractivity contribution >= 4 is 37.8 Å². The Labute approximate surface area is 153 Å². The molecule has 1 amide bonds. The van der Waals surface area contributed by atoms with Crippen LogP contribution in [0.4, 0.5) is 0 Å². The van der Waals surface area contributed by atoms with Crippen LogP contribution in [0.15, 0.2) is 4.76 Å². The summed E-state index contributed by atoms with van der Waals surface area (Å²) in [5.41, 5.74) is 5.23. The van der Waals surface area contributed by atoms with Crippen molar-refractivity contribution in [2.75, 3.05) is 13.2 Å². The number of nitrogens with zero attached hydrogens (tertiary/aromatic N) is 1. The van der Waals surface area contributed by atoms with Gasteiger partial charge in [0.15, 0.2) is 0 Å². The third-order valence-electron chi connectivity index (χ3n) is 3.06. The van der Waals surface area contributed by atoms with E-state index in [1.807, 2.05) is 0 Å². The number of carboxylic acid groups (broad SMARTS) is 3. The number of hydrogen-bond acceptors (Lipinski definition) is 7. The Balaban J connectivity index is 4.29. The van der Waals surface area contributed by atoms with E-state index in [2.05, 4.69) is 14.6 Å². The normalized spacial score (nSPS) is 15.6. The molecule has 0 aromatic heterocycles. The average molecular weight is 411 g/mol. The van der Waals surface area contributed by atoms with Crippen LogP contribution >= 0.6 is 7.75 Å². The molecule has 0 bridgehead atoms. The van der Waals surface area contributed by atoms with E-state index in [9.17, 15) is 28.6 Å². The summed E-state index contributed by atoms with van der Waals surface area (Å²) in [4.78, 5) is 52.7. The van der Waals surface area contributed by atoms with Gasteiger partial charge in [-0.05, 0) is 12.8 Å². The minimum atomic E-state index is -4.53. The minimum Gasteiger partial charge on any atom is -0.481 e. The molecular formula is C13H22N3O10P. The molecular weight excluding hydrogens is 389 g/mol. The molecule has 0 rings (SSSR count). The molecule has 2 unspecified atom stereocenters. The van der Waals surface area contributed by atoms with E-state index >= 15 is 0 Å². The molecule has 0 aliphatic rings. The molecule has 0 saturated carbocycles. The van der Waals surface area contributed by atoms with Crippen molar-refractivity contribution in [3.63, 3.8) is 0 Å². The summed E-state index contributed by atoms with van der Waals surface area (Å²) in [6.07, 6.45) is -0.387. The van der Waals surface area contributed by atoms with Gasteiger partial charge < -0.3 is 31.3 Å². The molecule has 0 heterocycles. The number of nitrogens with two attached hydrogens (primary N) is 1. The smallest absolute Gasteiger partial charge is 0.450 e. The van der Waals surface area contributed by atoms with Gasteiger partial charge in [0.2, 0.25) is 5.91 Å².